The maximum atomic E-state index is 10.8. The largest absolute Gasteiger partial charge is 0.378 e. The molecule has 1 saturated carbocycles. The summed E-state index contributed by atoms with van der Waals surface area (Å²) in [4.78, 5) is 0. The summed E-state index contributed by atoms with van der Waals surface area (Å²) >= 11 is 0. The number of ether oxygens (including phenoxy) is 1. The number of primary sulfonamides is 1. The molecule has 0 bridgehead atoms. The Balaban J connectivity index is 2.12. The molecule has 1 rings (SSSR count). The second-order valence-electron chi connectivity index (χ2n) is 3.53. The summed E-state index contributed by atoms with van der Waals surface area (Å²) in [6.45, 7) is 2.83. The van der Waals surface area contributed by atoms with E-state index in [-0.39, 0.29) is 11.4 Å². The highest BCUT2D eigenvalue weighted by atomic mass is 32.2. The lowest BCUT2D eigenvalue weighted by atomic mass is 9.95. The number of nitrogens with two attached hydrogens (primary N) is 1. The van der Waals surface area contributed by atoms with Crippen molar-refractivity contribution in [2.45, 2.75) is 44.0 Å². The third-order valence-corrected chi connectivity index (χ3v) is 3.68. The monoisotopic (exact) mass is 207 g/mol. The molecule has 0 amide bonds. The zero-order valence-corrected chi connectivity index (χ0v) is 8.72. The van der Waals surface area contributed by atoms with Gasteiger partial charge in [-0.15, -0.1) is 0 Å². The lowest BCUT2D eigenvalue weighted by Crippen LogP contribution is -2.44. The molecule has 0 aromatic rings. The van der Waals surface area contributed by atoms with E-state index in [9.17, 15) is 8.42 Å². The van der Waals surface area contributed by atoms with Crippen LogP contribution in [0.1, 0.15) is 32.6 Å². The van der Waals surface area contributed by atoms with Crippen molar-refractivity contribution in [2.24, 2.45) is 5.14 Å². The highest BCUT2D eigenvalue weighted by Gasteiger charge is 2.37. The number of sulfonamides is 1. The molecule has 2 N–H and O–H groups in total. The van der Waals surface area contributed by atoms with Crippen molar-refractivity contribution in [2.75, 3.05) is 6.61 Å². The fourth-order valence-electron chi connectivity index (χ4n) is 1.32. The van der Waals surface area contributed by atoms with Crippen molar-refractivity contribution in [3.63, 3.8) is 0 Å². The van der Waals surface area contributed by atoms with Gasteiger partial charge in [-0.3, -0.25) is 0 Å². The molecule has 0 unspecified atom stereocenters. The highest BCUT2D eigenvalue weighted by molar-refractivity contribution is 7.89. The van der Waals surface area contributed by atoms with Gasteiger partial charge in [0, 0.05) is 6.61 Å². The van der Waals surface area contributed by atoms with E-state index in [0.29, 0.717) is 12.8 Å². The van der Waals surface area contributed by atoms with Gasteiger partial charge in [0.25, 0.3) is 0 Å². The molecule has 0 aromatic heterocycles. The molecule has 5 heteroatoms. The van der Waals surface area contributed by atoms with Crippen LogP contribution in [-0.2, 0) is 14.8 Å². The van der Waals surface area contributed by atoms with Crippen molar-refractivity contribution in [1.29, 1.82) is 0 Å². The first kappa shape index (κ1) is 10.9. The summed E-state index contributed by atoms with van der Waals surface area (Å²) in [5.41, 5.74) is 0. The molecular weight excluding hydrogens is 190 g/mol. The standard InChI is InChI=1S/C8H17NO3S/c1-2-3-4-12-7-5-8(6-7)13(9,10)11/h7-8H,2-6H2,1H3,(H2,9,10,11). The number of hydrogen-bond donors (Lipinski definition) is 1. The summed E-state index contributed by atoms with van der Waals surface area (Å²) in [5, 5.41) is 4.61. The minimum Gasteiger partial charge on any atom is -0.378 e. The van der Waals surface area contributed by atoms with Crippen LogP contribution >= 0.6 is 0 Å². The summed E-state index contributed by atoms with van der Waals surface area (Å²) in [6, 6.07) is 0. The molecule has 0 radical (unpaired) electrons. The second kappa shape index (κ2) is 4.39. The molecule has 13 heavy (non-hydrogen) atoms. The van der Waals surface area contributed by atoms with Crippen LogP contribution in [0.3, 0.4) is 0 Å². The van der Waals surface area contributed by atoms with Gasteiger partial charge in [-0.2, -0.15) is 0 Å². The summed E-state index contributed by atoms with van der Waals surface area (Å²) in [7, 11) is -3.31. The van der Waals surface area contributed by atoms with Gasteiger partial charge in [0.2, 0.25) is 10.0 Å². The van der Waals surface area contributed by atoms with Crippen LogP contribution in [0.25, 0.3) is 0 Å². The topological polar surface area (TPSA) is 69.4 Å². The molecule has 1 aliphatic rings. The molecule has 0 saturated heterocycles. The van der Waals surface area contributed by atoms with Crippen molar-refractivity contribution >= 4 is 10.0 Å². The maximum Gasteiger partial charge on any atom is 0.212 e. The zero-order chi connectivity index (χ0) is 9.90. The van der Waals surface area contributed by atoms with Gasteiger partial charge in [-0.25, -0.2) is 13.6 Å². The van der Waals surface area contributed by atoms with Gasteiger partial charge in [0.1, 0.15) is 0 Å². The van der Waals surface area contributed by atoms with Crippen LogP contribution in [0.15, 0.2) is 0 Å². The first-order valence-corrected chi connectivity index (χ1v) is 6.28. The Morgan fingerprint density at radius 1 is 1.46 bits per heavy atom. The van der Waals surface area contributed by atoms with Crippen LogP contribution in [0, 0.1) is 0 Å². The van der Waals surface area contributed by atoms with Crippen molar-refractivity contribution in [3.05, 3.63) is 0 Å². The van der Waals surface area contributed by atoms with Gasteiger partial charge in [-0.05, 0) is 19.3 Å². The van der Waals surface area contributed by atoms with E-state index >= 15 is 0 Å². The fourth-order valence-corrected chi connectivity index (χ4v) is 2.28. The normalized spacial score (nSPS) is 28.5. The Hall–Kier alpha value is -0.130. The molecule has 0 atom stereocenters. The van der Waals surface area contributed by atoms with Crippen molar-refractivity contribution in [1.82, 2.24) is 0 Å². The van der Waals surface area contributed by atoms with Gasteiger partial charge in [0.05, 0.1) is 11.4 Å². The number of unbranched alkanes of at least 4 members (excludes halogenated alkanes) is 1. The van der Waals surface area contributed by atoms with E-state index in [1.54, 1.807) is 0 Å². The second-order valence-corrected chi connectivity index (χ2v) is 5.37. The van der Waals surface area contributed by atoms with Crippen LogP contribution in [0.5, 0.6) is 0 Å². The molecule has 78 valence electrons. The minimum absolute atomic E-state index is 0.120. The zero-order valence-electron chi connectivity index (χ0n) is 7.90. The predicted octanol–water partition coefficient (Wildman–Crippen LogP) is 0.623. The van der Waals surface area contributed by atoms with E-state index in [2.05, 4.69) is 6.92 Å². The van der Waals surface area contributed by atoms with E-state index < -0.39 is 10.0 Å². The average Bonchev–Trinajstić information content (AvgIpc) is 1.91. The molecular formula is C8H17NO3S. The first-order valence-electron chi connectivity index (χ1n) is 4.67. The summed E-state index contributed by atoms with van der Waals surface area (Å²) in [6.07, 6.45) is 3.40. The van der Waals surface area contributed by atoms with E-state index in [1.807, 2.05) is 0 Å². The SMILES string of the molecule is CCCCOC1CC(S(N)(=O)=O)C1. The first-order chi connectivity index (χ1) is 6.04. The van der Waals surface area contributed by atoms with E-state index in [1.165, 1.54) is 0 Å². The van der Waals surface area contributed by atoms with E-state index in [4.69, 9.17) is 9.88 Å². The molecule has 0 aromatic carbocycles. The molecule has 0 aliphatic heterocycles. The molecule has 1 fully saturated rings. The van der Waals surface area contributed by atoms with Crippen molar-refractivity contribution in [3.8, 4) is 0 Å². The predicted molar refractivity (Wildman–Crippen MR) is 50.8 cm³/mol. The van der Waals surface area contributed by atoms with Crippen LogP contribution < -0.4 is 5.14 Å². The Morgan fingerprint density at radius 2 is 2.08 bits per heavy atom. The van der Waals surface area contributed by atoms with Crippen LogP contribution in [-0.4, -0.2) is 26.4 Å². The third-order valence-electron chi connectivity index (χ3n) is 2.37. The average molecular weight is 207 g/mol. The summed E-state index contributed by atoms with van der Waals surface area (Å²) in [5.74, 6) is 0. The number of rotatable bonds is 5. The molecule has 0 heterocycles. The quantitative estimate of drug-likeness (QED) is 0.672. The minimum atomic E-state index is -3.31. The molecule has 1 aliphatic carbocycles. The van der Waals surface area contributed by atoms with E-state index in [0.717, 1.165) is 19.4 Å². The third kappa shape index (κ3) is 3.25. The van der Waals surface area contributed by atoms with Crippen LogP contribution in [0.4, 0.5) is 0 Å². The van der Waals surface area contributed by atoms with Gasteiger partial charge >= 0.3 is 0 Å². The van der Waals surface area contributed by atoms with Gasteiger partial charge in [0.15, 0.2) is 0 Å². The number of hydrogen-bond acceptors (Lipinski definition) is 3. The smallest absolute Gasteiger partial charge is 0.212 e. The fraction of sp³-hybridized carbons (Fsp3) is 1.00. The van der Waals surface area contributed by atoms with Crippen LogP contribution in [0.2, 0.25) is 0 Å². The lowest BCUT2D eigenvalue weighted by Gasteiger charge is -2.33. The summed E-state index contributed by atoms with van der Waals surface area (Å²) < 4.78 is 27.0. The van der Waals surface area contributed by atoms with Gasteiger partial charge < -0.3 is 4.74 Å². The Morgan fingerprint density at radius 3 is 2.54 bits per heavy atom. The Bertz CT molecular complexity index is 244. The lowest BCUT2D eigenvalue weighted by molar-refractivity contribution is 0.00333. The van der Waals surface area contributed by atoms with Crippen molar-refractivity contribution < 1.29 is 13.2 Å². The Kier molecular flexibility index (Phi) is 3.70. The maximum absolute atomic E-state index is 10.8. The highest BCUT2D eigenvalue weighted by Crippen LogP contribution is 2.28. The molecule has 0 spiro atoms. The molecule has 4 nitrogen and oxygen atoms in total. The Labute approximate surface area is 79.5 Å². The van der Waals surface area contributed by atoms with Gasteiger partial charge in [-0.1, -0.05) is 13.3 Å².